The molecule has 6 nitrogen and oxygen atoms in total. The first-order valence-electron chi connectivity index (χ1n) is 8.86. The highest BCUT2D eigenvalue weighted by Crippen LogP contribution is 2.27. The summed E-state index contributed by atoms with van der Waals surface area (Å²) in [7, 11) is 0. The average molecular weight is 405 g/mol. The van der Waals surface area contributed by atoms with Crippen LogP contribution in [0.4, 0.5) is 5.13 Å². The lowest BCUT2D eigenvalue weighted by molar-refractivity contribution is 0.102. The minimum atomic E-state index is 0.102. The Hall–Kier alpha value is -2.06. The zero-order chi connectivity index (χ0) is 19.4. The number of aryl methyl sites for hydroxylation is 1. The molecule has 0 aromatic carbocycles. The second-order valence-corrected chi connectivity index (χ2v) is 9.01. The van der Waals surface area contributed by atoms with Crippen molar-refractivity contribution in [1.82, 2.24) is 14.8 Å². The molecule has 0 radical (unpaired) electrons. The van der Waals surface area contributed by atoms with Gasteiger partial charge >= 0.3 is 0 Å². The molecule has 3 rings (SSSR count). The second-order valence-electron chi connectivity index (χ2n) is 6.81. The topological polar surface area (TPSA) is 73.0 Å². The van der Waals surface area contributed by atoms with Crippen molar-refractivity contribution in [3.05, 3.63) is 47.2 Å². The molecule has 0 spiro atoms. The van der Waals surface area contributed by atoms with E-state index in [9.17, 15) is 4.79 Å². The predicted octanol–water partition coefficient (Wildman–Crippen LogP) is 4.64. The van der Waals surface area contributed by atoms with Crippen LogP contribution in [-0.2, 0) is 6.54 Å². The maximum Gasteiger partial charge on any atom is 0.206 e. The Labute approximate surface area is 167 Å². The summed E-state index contributed by atoms with van der Waals surface area (Å²) >= 11 is 2.92. The number of nitrogens with one attached hydrogen (secondary N) is 1. The number of nitrogens with zero attached hydrogens (tertiary/aromatic N) is 3. The summed E-state index contributed by atoms with van der Waals surface area (Å²) in [5, 5.41) is 12.3. The van der Waals surface area contributed by atoms with Crippen LogP contribution in [0.5, 0.6) is 0 Å². The fourth-order valence-electron chi connectivity index (χ4n) is 2.72. The molecule has 0 fully saturated rings. The molecule has 8 heteroatoms. The molecule has 0 unspecified atom stereocenters. The number of Topliss-reactive ketones (excluding diaryl/α,β-unsaturated/α-hetero) is 1. The van der Waals surface area contributed by atoms with Crippen molar-refractivity contribution in [3.63, 3.8) is 0 Å². The largest absolute Gasteiger partial charge is 0.467 e. The van der Waals surface area contributed by atoms with Gasteiger partial charge in [0.15, 0.2) is 10.1 Å². The number of ketones is 1. The van der Waals surface area contributed by atoms with Gasteiger partial charge in [0, 0.05) is 23.5 Å². The van der Waals surface area contributed by atoms with Crippen LogP contribution in [0.3, 0.4) is 0 Å². The van der Waals surface area contributed by atoms with Gasteiger partial charge in [0.1, 0.15) is 5.76 Å². The van der Waals surface area contributed by atoms with E-state index in [0.29, 0.717) is 18.2 Å². The van der Waals surface area contributed by atoms with Gasteiger partial charge in [-0.15, -0.1) is 10.2 Å². The Kier molecular flexibility index (Phi) is 6.38. The SMILES string of the molecule is Cc1cc(C(=O)CSc2nnc(NCC(C)C)s2)c(C)n1Cc1ccco1. The van der Waals surface area contributed by atoms with E-state index in [1.54, 1.807) is 6.26 Å². The number of carbonyl (C=O) groups is 1. The average Bonchev–Trinajstić information content (AvgIpc) is 3.35. The minimum Gasteiger partial charge on any atom is -0.467 e. The van der Waals surface area contributed by atoms with Crippen LogP contribution < -0.4 is 5.32 Å². The zero-order valence-electron chi connectivity index (χ0n) is 16.0. The highest BCUT2D eigenvalue weighted by Gasteiger charge is 2.17. The molecule has 1 N–H and O–H groups in total. The van der Waals surface area contributed by atoms with Crippen molar-refractivity contribution in [3.8, 4) is 0 Å². The number of hydrogen-bond donors (Lipinski definition) is 1. The maximum absolute atomic E-state index is 12.7. The van der Waals surface area contributed by atoms with Crippen LogP contribution in [0.25, 0.3) is 0 Å². The molecular formula is C19H24N4O2S2. The number of carbonyl (C=O) groups excluding carboxylic acids is 1. The van der Waals surface area contributed by atoms with Crippen molar-refractivity contribution in [1.29, 1.82) is 0 Å². The first-order valence-corrected chi connectivity index (χ1v) is 10.7. The monoisotopic (exact) mass is 404 g/mol. The Bertz CT molecular complexity index is 897. The van der Waals surface area contributed by atoms with Crippen molar-refractivity contribution < 1.29 is 9.21 Å². The van der Waals surface area contributed by atoms with Gasteiger partial charge in [-0.3, -0.25) is 4.79 Å². The molecule has 0 amide bonds. The van der Waals surface area contributed by atoms with Crippen LogP contribution in [0.2, 0.25) is 0 Å². The summed E-state index contributed by atoms with van der Waals surface area (Å²) in [6.45, 7) is 9.77. The number of furan rings is 1. The Morgan fingerprint density at radius 2 is 2.19 bits per heavy atom. The van der Waals surface area contributed by atoms with E-state index in [-0.39, 0.29) is 5.78 Å². The first kappa shape index (κ1) is 19.7. The number of anilines is 1. The van der Waals surface area contributed by atoms with Crippen LogP contribution in [0.1, 0.15) is 41.4 Å². The molecule has 3 heterocycles. The lowest BCUT2D eigenvalue weighted by Gasteiger charge is -2.07. The van der Waals surface area contributed by atoms with Crippen LogP contribution in [0.15, 0.2) is 33.2 Å². The number of thioether (sulfide) groups is 1. The van der Waals surface area contributed by atoms with Gasteiger partial charge in [0.05, 0.1) is 18.6 Å². The molecule has 0 aliphatic carbocycles. The van der Waals surface area contributed by atoms with Crippen molar-refractivity contribution in [2.75, 3.05) is 17.6 Å². The number of hydrogen-bond acceptors (Lipinski definition) is 7. The standard InChI is InChI=1S/C19H24N4O2S2/c1-12(2)9-20-18-21-22-19(27-18)26-11-17(24)16-8-13(3)23(14(16)4)10-15-6-5-7-25-15/h5-8,12H,9-11H2,1-4H3,(H,20,21). The van der Waals surface area contributed by atoms with Crippen molar-refractivity contribution >= 4 is 34.0 Å². The Morgan fingerprint density at radius 3 is 2.89 bits per heavy atom. The lowest BCUT2D eigenvalue weighted by atomic mass is 10.2. The van der Waals surface area contributed by atoms with E-state index in [4.69, 9.17) is 4.42 Å². The summed E-state index contributed by atoms with van der Waals surface area (Å²) in [5.74, 6) is 1.87. The quantitative estimate of drug-likeness (QED) is 0.414. The summed E-state index contributed by atoms with van der Waals surface area (Å²) < 4.78 is 8.34. The molecule has 3 aromatic heterocycles. The third-order valence-corrected chi connectivity index (χ3v) is 6.18. The number of aromatic nitrogens is 3. The molecule has 0 saturated heterocycles. The molecule has 0 aliphatic rings. The van der Waals surface area contributed by atoms with Gasteiger partial charge in [-0.2, -0.15) is 0 Å². The minimum absolute atomic E-state index is 0.102. The molecule has 27 heavy (non-hydrogen) atoms. The first-order chi connectivity index (χ1) is 12.9. The van der Waals surface area contributed by atoms with E-state index in [1.807, 2.05) is 32.0 Å². The smallest absolute Gasteiger partial charge is 0.206 e. The van der Waals surface area contributed by atoms with E-state index in [2.05, 4.69) is 33.9 Å². The molecule has 0 bridgehead atoms. The van der Waals surface area contributed by atoms with E-state index in [1.165, 1.54) is 23.1 Å². The summed E-state index contributed by atoms with van der Waals surface area (Å²) in [6, 6.07) is 5.77. The van der Waals surface area contributed by atoms with E-state index < -0.39 is 0 Å². The fraction of sp³-hybridized carbons (Fsp3) is 0.421. The van der Waals surface area contributed by atoms with Gasteiger partial charge in [0.25, 0.3) is 0 Å². The second kappa shape index (κ2) is 8.75. The molecule has 0 aliphatic heterocycles. The predicted molar refractivity (Wildman–Crippen MR) is 110 cm³/mol. The van der Waals surface area contributed by atoms with Gasteiger partial charge in [-0.05, 0) is 38.0 Å². The van der Waals surface area contributed by atoms with Gasteiger partial charge < -0.3 is 14.3 Å². The molecule has 144 valence electrons. The summed E-state index contributed by atoms with van der Waals surface area (Å²) in [4.78, 5) is 12.7. The van der Waals surface area contributed by atoms with Crippen LogP contribution in [0, 0.1) is 19.8 Å². The molecular weight excluding hydrogens is 380 g/mol. The highest BCUT2D eigenvalue weighted by molar-refractivity contribution is 8.01. The maximum atomic E-state index is 12.7. The molecule has 0 atom stereocenters. The molecule has 0 saturated carbocycles. The Balaban J connectivity index is 1.61. The molecule has 3 aromatic rings. The van der Waals surface area contributed by atoms with Crippen LogP contribution in [-0.4, -0.2) is 32.8 Å². The van der Waals surface area contributed by atoms with Crippen molar-refractivity contribution in [2.24, 2.45) is 5.92 Å². The third-order valence-electron chi connectivity index (χ3n) is 4.16. The van der Waals surface area contributed by atoms with E-state index >= 15 is 0 Å². The lowest BCUT2D eigenvalue weighted by Crippen LogP contribution is -2.07. The Morgan fingerprint density at radius 1 is 1.37 bits per heavy atom. The van der Waals surface area contributed by atoms with Gasteiger partial charge in [0.2, 0.25) is 5.13 Å². The van der Waals surface area contributed by atoms with Gasteiger partial charge in [-0.1, -0.05) is 36.9 Å². The van der Waals surface area contributed by atoms with Crippen LogP contribution >= 0.6 is 23.1 Å². The van der Waals surface area contributed by atoms with E-state index in [0.717, 1.165) is 38.7 Å². The fourth-order valence-corrected chi connectivity index (χ4v) is 4.36. The number of rotatable bonds is 9. The zero-order valence-corrected chi connectivity index (χ0v) is 17.6. The highest BCUT2D eigenvalue weighted by atomic mass is 32.2. The van der Waals surface area contributed by atoms with Gasteiger partial charge in [-0.25, -0.2) is 0 Å². The summed E-state index contributed by atoms with van der Waals surface area (Å²) in [5.41, 5.74) is 2.77. The third kappa shape index (κ3) is 5.01. The normalized spacial score (nSPS) is 11.3. The van der Waals surface area contributed by atoms with Crippen molar-refractivity contribution in [2.45, 2.75) is 38.6 Å². The summed E-state index contributed by atoms with van der Waals surface area (Å²) in [6.07, 6.45) is 1.67.